The molecule has 0 radical (unpaired) electrons. The summed E-state index contributed by atoms with van der Waals surface area (Å²) in [5, 5.41) is 3.75. The van der Waals surface area contributed by atoms with Crippen molar-refractivity contribution in [1.82, 2.24) is 15.2 Å². The van der Waals surface area contributed by atoms with E-state index in [0.717, 1.165) is 30.7 Å². The molecule has 25 heavy (non-hydrogen) atoms. The highest BCUT2D eigenvalue weighted by atomic mass is 35.5. The van der Waals surface area contributed by atoms with Gasteiger partial charge in [0.25, 0.3) is 5.91 Å². The number of carbonyl (C=O) groups is 1. The topological polar surface area (TPSA) is 48.5 Å². The van der Waals surface area contributed by atoms with Crippen molar-refractivity contribution >= 4 is 23.3 Å². The Balaban J connectivity index is 1.55. The minimum Gasteiger partial charge on any atom is -0.357 e. The van der Waals surface area contributed by atoms with Crippen molar-refractivity contribution in [1.29, 1.82) is 0 Å². The lowest BCUT2D eigenvalue weighted by Gasteiger charge is -2.35. The third kappa shape index (κ3) is 4.64. The molecule has 3 rings (SSSR count). The zero-order chi connectivity index (χ0) is 17.8. The summed E-state index contributed by atoms with van der Waals surface area (Å²) in [6.07, 6.45) is 6.49. The van der Waals surface area contributed by atoms with E-state index in [1.165, 1.54) is 50.1 Å². The summed E-state index contributed by atoms with van der Waals surface area (Å²) in [6.45, 7) is 4.42. The van der Waals surface area contributed by atoms with Crippen LogP contribution in [0.4, 0.5) is 5.82 Å². The Bertz CT molecular complexity index is 593. The second-order valence-corrected chi connectivity index (χ2v) is 7.92. The van der Waals surface area contributed by atoms with Crippen molar-refractivity contribution in [3.05, 3.63) is 22.8 Å². The number of nitrogens with one attached hydrogen (secondary N) is 1. The Morgan fingerprint density at radius 3 is 2.44 bits per heavy atom. The molecule has 0 aromatic carbocycles. The largest absolute Gasteiger partial charge is 0.357 e. The number of halogens is 1. The van der Waals surface area contributed by atoms with Gasteiger partial charge >= 0.3 is 0 Å². The Morgan fingerprint density at radius 2 is 1.84 bits per heavy atom. The summed E-state index contributed by atoms with van der Waals surface area (Å²) in [6, 6.07) is 3.73. The molecule has 2 aliphatic rings. The van der Waals surface area contributed by atoms with E-state index in [1.807, 2.05) is 6.07 Å². The summed E-state index contributed by atoms with van der Waals surface area (Å²) in [5.74, 6) is 2.52. The van der Waals surface area contributed by atoms with Crippen LogP contribution in [0.25, 0.3) is 0 Å². The van der Waals surface area contributed by atoms with Crippen LogP contribution in [0.2, 0.25) is 5.15 Å². The maximum absolute atomic E-state index is 12.1. The third-order valence-electron chi connectivity index (χ3n) is 5.53. The molecule has 1 aromatic rings. The van der Waals surface area contributed by atoms with Gasteiger partial charge in [-0.15, -0.1) is 0 Å². The van der Waals surface area contributed by atoms with Gasteiger partial charge in [-0.25, -0.2) is 4.98 Å². The van der Waals surface area contributed by atoms with E-state index in [-0.39, 0.29) is 5.91 Å². The summed E-state index contributed by atoms with van der Waals surface area (Å²) >= 11 is 6.25. The van der Waals surface area contributed by atoms with E-state index in [4.69, 9.17) is 11.6 Å². The van der Waals surface area contributed by atoms with Gasteiger partial charge in [0.05, 0.1) is 5.56 Å². The van der Waals surface area contributed by atoms with Crippen molar-refractivity contribution in [2.24, 2.45) is 11.8 Å². The van der Waals surface area contributed by atoms with E-state index in [0.29, 0.717) is 10.7 Å². The van der Waals surface area contributed by atoms with Crippen molar-refractivity contribution in [3.8, 4) is 0 Å². The van der Waals surface area contributed by atoms with Gasteiger partial charge in [-0.2, -0.15) is 0 Å². The van der Waals surface area contributed by atoms with Crippen LogP contribution in [0.5, 0.6) is 0 Å². The first-order valence-corrected chi connectivity index (χ1v) is 9.76. The molecular weight excluding hydrogens is 336 g/mol. The molecule has 2 fully saturated rings. The Labute approximate surface area is 155 Å². The zero-order valence-electron chi connectivity index (χ0n) is 15.3. The lowest BCUT2D eigenvalue weighted by molar-refractivity contribution is 0.0827. The van der Waals surface area contributed by atoms with Crippen LogP contribution >= 0.6 is 11.6 Å². The van der Waals surface area contributed by atoms with Crippen LogP contribution in [-0.2, 0) is 0 Å². The smallest absolute Gasteiger partial charge is 0.256 e. The quantitative estimate of drug-likeness (QED) is 0.834. The van der Waals surface area contributed by atoms with Gasteiger partial charge in [-0.1, -0.05) is 11.6 Å². The minimum atomic E-state index is -0.107. The number of aromatic nitrogens is 1. The highest BCUT2D eigenvalue weighted by molar-refractivity contribution is 6.32. The molecule has 1 aromatic heterocycles. The lowest BCUT2D eigenvalue weighted by atomic mass is 9.83. The van der Waals surface area contributed by atoms with E-state index in [1.54, 1.807) is 20.2 Å². The molecule has 1 amide bonds. The number of pyridine rings is 1. The van der Waals surface area contributed by atoms with Crippen LogP contribution in [0.1, 0.15) is 42.5 Å². The van der Waals surface area contributed by atoms with Gasteiger partial charge in [-0.05, 0) is 69.2 Å². The molecule has 0 saturated carbocycles. The minimum absolute atomic E-state index is 0.107. The first-order valence-electron chi connectivity index (χ1n) is 9.38. The first-order chi connectivity index (χ1) is 12.0. The van der Waals surface area contributed by atoms with Gasteiger partial charge in [0, 0.05) is 27.2 Å². The van der Waals surface area contributed by atoms with Crippen LogP contribution in [0.15, 0.2) is 12.1 Å². The highest BCUT2D eigenvalue weighted by Gasteiger charge is 2.24. The van der Waals surface area contributed by atoms with Crippen LogP contribution in [-0.4, -0.2) is 56.1 Å². The highest BCUT2D eigenvalue weighted by Crippen LogP contribution is 2.30. The third-order valence-corrected chi connectivity index (χ3v) is 5.82. The number of hydrogen-bond donors (Lipinski definition) is 1. The summed E-state index contributed by atoms with van der Waals surface area (Å²) < 4.78 is 0. The zero-order valence-corrected chi connectivity index (χ0v) is 16.1. The average Bonchev–Trinajstić information content (AvgIpc) is 2.62. The molecule has 1 N–H and O–H groups in total. The second-order valence-electron chi connectivity index (χ2n) is 7.57. The number of anilines is 1. The summed E-state index contributed by atoms with van der Waals surface area (Å²) in [4.78, 5) is 20.4. The number of carbonyl (C=O) groups excluding carboxylic acids is 1. The van der Waals surface area contributed by atoms with Crippen LogP contribution < -0.4 is 10.2 Å². The molecule has 138 valence electrons. The molecular formula is C19H29ClN4O. The fourth-order valence-corrected chi connectivity index (χ4v) is 4.22. The SMILES string of the molecule is CN(C)C(=O)c1ccc(N2CCC(CC3CCNCC3)CC2)nc1Cl. The maximum atomic E-state index is 12.1. The van der Waals surface area contributed by atoms with E-state index >= 15 is 0 Å². The number of piperidine rings is 2. The molecule has 3 heterocycles. The van der Waals surface area contributed by atoms with Crippen molar-refractivity contribution in [2.45, 2.75) is 32.1 Å². The molecule has 0 atom stereocenters. The van der Waals surface area contributed by atoms with Gasteiger partial charge in [-0.3, -0.25) is 4.79 Å². The van der Waals surface area contributed by atoms with Gasteiger partial charge < -0.3 is 15.1 Å². The number of nitrogens with zero attached hydrogens (tertiary/aromatic N) is 3. The molecule has 0 aliphatic carbocycles. The summed E-state index contributed by atoms with van der Waals surface area (Å²) in [7, 11) is 3.44. The normalized spacial score (nSPS) is 19.9. The van der Waals surface area contributed by atoms with Crippen molar-refractivity contribution < 1.29 is 4.79 Å². The lowest BCUT2D eigenvalue weighted by Crippen LogP contribution is -2.36. The monoisotopic (exact) mass is 364 g/mol. The van der Waals surface area contributed by atoms with E-state index in [2.05, 4.69) is 15.2 Å². The van der Waals surface area contributed by atoms with E-state index < -0.39 is 0 Å². The van der Waals surface area contributed by atoms with E-state index in [9.17, 15) is 4.79 Å². The maximum Gasteiger partial charge on any atom is 0.256 e. The van der Waals surface area contributed by atoms with Gasteiger partial charge in [0.1, 0.15) is 11.0 Å². The Kier molecular flexibility index (Phi) is 6.18. The molecule has 0 bridgehead atoms. The number of rotatable bonds is 4. The predicted molar refractivity (Wildman–Crippen MR) is 102 cm³/mol. The molecule has 0 spiro atoms. The van der Waals surface area contributed by atoms with Crippen LogP contribution in [0.3, 0.4) is 0 Å². The molecule has 0 unspecified atom stereocenters. The van der Waals surface area contributed by atoms with Gasteiger partial charge in [0.15, 0.2) is 0 Å². The Hall–Kier alpha value is -1.33. The molecule has 5 nitrogen and oxygen atoms in total. The molecule has 6 heteroatoms. The number of amides is 1. The molecule has 2 saturated heterocycles. The second kappa shape index (κ2) is 8.37. The first kappa shape index (κ1) is 18.5. The standard InChI is InChI=1S/C19H29ClN4O/c1-23(2)19(25)16-3-4-17(22-18(16)20)24-11-7-15(8-12-24)13-14-5-9-21-10-6-14/h3-4,14-15,21H,5-13H2,1-2H3. The molecule has 2 aliphatic heterocycles. The van der Waals surface area contributed by atoms with Crippen molar-refractivity contribution in [2.75, 3.05) is 45.2 Å². The average molecular weight is 365 g/mol. The fourth-order valence-electron chi connectivity index (χ4n) is 3.99. The predicted octanol–water partition coefficient (Wildman–Crippen LogP) is 3.04. The number of hydrogen-bond acceptors (Lipinski definition) is 4. The van der Waals surface area contributed by atoms with Gasteiger partial charge in [0.2, 0.25) is 0 Å². The summed E-state index contributed by atoms with van der Waals surface area (Å²) in [5.41, 5.74) is 0.469. The Morgan fingerprint density at radius 1 is 1.20 bits per heavy atom. The van der Waals surface area contributed by atoms with Crippen LogP contribution in [0, 0.1) is 11.8 Å². The fraction of sp³-hybridized carbons (Fsp3) is 0.684. The van der Waals surface area contributed by atoms with Crippen molar-refractivity contribution in [3.63, 3.8) is 0 Å².